The molecule has 0 aliphatic carbocycles. The Kier molecular flexibility index (Phi) is 5.58. The van der Waals surface area contributed by atoms with E-state index in [2.05, 4.69) is 0 Å². The normalized spacial score (nSPS) is 19.3. The lowest BCUT2D eigenvalue weighted by atomic mass is 10.2. The summed E-state index contributed by atoms with van der Waals surface area (Å²) in [6, 6.07) is 0. The molecule has 0 bridgehead atoms. The van der Waals surface area contributed by atoms with Crippen LogP contribution in [0.2, 0.25) is 0 Å². The van der Waals surface area contributed by atoms with Gasteiger partial charge in [0, 0.05) is 13.1 Å². The van der Waals surface area contributed by atoms with E-state index < -0.39 is 15.5 Å². The summed E-state index contributed by atoms with van der Waals surface area (Å²) in [6.07, 6.45) is 1.81. The van der Waals surface area contributed by atoms with Gasteiger partial charge >= 0.3 is 15.5 Å². The van der Waals surface area contributed by atoms with E-state index in [9.17, 15) is 21.6 Å². The predicted molar refractivity (Wildman–Crippen MR) is 51.7 cm³/mol. The van der Waals surface area contributed by atoms with Gasteiger partial charge in [-0.15, -0.1) is 0 Å². The monoisotopic (exact) mass is 247 g/mol. The average molecular weight is 247 g/mol. The van der Waals surface area contributed by atoms with Gasteiger partial charge in [-0.1, -0.05) is 20.3 Å². The van der Waals surface area contributed by atoms with E-state index in [1.165, 1.54) is 0 Å². The first-order valence-electron chi connectivity index (χ1n) is 4.92. The lowest BCUT2D eigenvalue weighted by Gasteiger charge is -2.26. The largest absolute Gasteiger partial charge is 0.511 e. The van der Waals surface area contributed by atoms with Gasteiger partial charge in [0.25, 0.3) is 0 Å². The van der Waals surface area contributed by atoms with Crippen LogP contribution in [0.25, 0.3) is 0 Å². The molecular weight excluding hydrogens is 231 g/mol. The van der Waals surface area contributed by atoms with Gasteiger partial charge in [-0.25, -0.2) is 8.42 Å². The maximum absolute atomic E-state index is 12.0. The first-order chi connectivity index (χ1) is 6.86. The molecule has 0 saturated carbocycles. The van der Waals surface area contributed by atoms with Crippen molar-refractivity contribution in [2.75, 3.05) is 13.1 Å². The maximum atomic E-state index is 12.0. The fraction of sp³-hybridized carbons (Fsp3) is 1.00. The minimum Gasteiger partial charge on any atom is -0.203 e. The van der Waals surface area contributed by atoms with Crippen molar-refractivity contribution in [3.63, 3.8) is 0 Å². The van der Waals surface area contributed by atoms with Gasteiger partial charge in [0.2, 0.25) is 0 Å². The molecule has 1 saturated heterocycles. The highest BCUT2D eigenvalue weighted by Gasteiger charge is 2.49. The summed E-state index contributed by atoms with van der Waals surface area (Å²) in [4.78, 5) is 0. The van der Waals surface area contributed by atoms with Crippen molar-refractivity contribution in [2.24, 2.45) is 0 Å². The standard InChI is InChI=1S/C6H10F3NO2S.C2H6/c7-6(8,9)13(11,12)10-4-2-1-3-5-10;1-2/h1-5H2;1-2H3. The lowest BCUT2D eigenvalue weighted by Crippen LogP contribution is -2.43. The third-order valence-electron chi connectivity index (χ3n) is 1.95. The maximum Gasteiger partial charge on any atom is 0.511 e. The Morgan fingerprint density at radius 3 is 1.73 bits per heavy atom. The molecular formula is C8H16F3NO2S. The van der Waals surface area contributed by atoms with Crippen molar-refractivity contribution in [2.45, 2.75) is 38.6 Å². The Balaban J connectivity index is 0.000000921. The van der Waals surface area contributed by atoms with Gasteiger partial charge in [-0.3, -0.25) is 0 Å². The zero-order chi connectivity index (χ0) is 12.1. The molecule has 0 amide bonds. The number of hydrogen-bond donors (Lipinski definition) is 0. The predicted octanol–water partition coefficient (Wildman–Crippen LogP) is 2.35. The van der Waals surface area contributed by atoms with Crippen LogP contribution in [0.5, 0.6) is 0 Å². The number of nitrogens with zero attached hydrogens (tertiary/aromatic N) is 1. The van der Waals surface area contributed by atoms with Gasteiger partial charge < -0.3 is 0 Å². The molecule has 1 aliphatic heterocycles. The van der Waals surface area contributed by atoms with Crippen LogP contribution < -0.4 is 0 Å². The van der Waals surface area contributed by atoms with Crippen LogP contribution in [0.15, 0.2) is 0 Å². The Labute approximate surface area is 88.3 Å². The molecule has 1 rings (SSSR count). The summed E-state index contributed by atoms with van der Waals surface area (Å²) in [5.74, 6) is 0. The summed E-state index contributed by atoms with van der Waals surface area (Å²) >= 11 is 0. The van der Waals surface area contributed by atoms with Crippen LogP contribution in [0, 0.1) is 0 Å². The van der Waals surface area contributed by atoms with Crippen LogP contribution in [-0.2, 0) is 10.0 Å². The van der Waals surface area contributed by atoms with Gasteiger partial charge in [0.1, 0.15) is 0 Å². The molecule has 0 radical (unpaired) electrons. The quantitative estimate of drug-likeness (QED) is 0.713. The molecule has 0 aromatic heterocycles. The molecule has 0 aromatic rings. The summed E-state index contributed by atoms with van der Waals surface area (Å²) in [5, 5.41) is 0. The van der Waals surface area contributed by atoms with Crippen LogP contribution in [0.3, 0.4) is 0 Å². The van der Waals surface area contributed by atoms with Gasteiger partial charge in [0.15, 0.2) is 0 Å². The number of alkyl halides is 3. The molecule has 92 valence electrons. The second-order valence-corrected chi connectivity index (χ2v) is 4.84. The number of sulfonamides is 1. The lowest BCUT2D eigenvalue weighted by molar-refractivity contribution is -0.0493. The van der Waals surface area contributed by atoms with Crippen LogP contribution >= 0.6 is 0 Å². The molecule has 0 aromatic carbocycles. The van der Waals surface area contributed by atoms with Crippen molar-refractivity contribution in [1.29, 1.82) is 0 Å². The fourth-order valence-corrected chi connectivity index (χ4v) is 2.28. The zero-order valence-electron chi connectivity index (χ0n) is 8.84. The third kappa shape index (κ3) is 3.64. The van der Waals surface area contributed by atoms with Crippen molar-refractivity contribution in [3.05, 3.63) is 0 Å². The van der Waals surface area contributed by atoms with Crippen molar-refractivity contribution < 1.29 is 21.6 Å². The van der Waals surface area contributed by atoms with Gasteiger partial charge in [-0.05, 0) is 12.8 Å². The molecule has 1 aliphatic rings. The molecule has 0 spiro atoms. The second-order valence-electron chi connectivity index (χ2n) is 2.91. The first-order valence-corrected chi connectivity index (χ1v) is 6.36. The number of halogens is 3. The molecule has 0 unspecified atom stereocenters. The van der Waals surface area contributed by atoms with E-state index in [1.54, 1.807) is 0 Å². The average Bonchev–Trinajstić information content (AvgIpc) is 2.20. The van der Waals surface area contributed by atoms with E-state index in [4.69, 9.17) is 0 Å². The molecule has 0 N–H and O–H groups in total. The highest BCUT2D eigenvalue weighted by atomic mass is 32.2. The van der Waals surface area contributed by atoms with E-state index in [0.29, 0.717) is 17.1 Å². The Bertz CT molecular complexity index is 268. The molecule has 7 heteroatoms. The molecule has 15 heavy (non-hydrogen) atoms. The summed E-state index contributed by atoms with van der Waals surface area (Å²) in [6.45, 7) is 3.98. The highest BCUT2D eigenvalue weighted by molar-refractivity contribution is 7.90. The number of rotatable bonds is 1. The Morgan fingerprint density at radius 2 is 1.40 bits per heavy atom. The molecule has 1 fully saturated rings. The number of piperidine rings is 1. The van der Waals surface area contributed by atoms with Crippen molar-refractivity contribution >= 4 is 10.0 Å². The minimum absolute atomic E-state index is 0.0121. The van der Waals surface area contributed by atoms with E-state index in [1.807, 2.05) is 13.8 Å². The summed E-state index contributed by atoms with van der Waals surface area (Å²) in [5.41, 5.74) is -5.15. The SMILES string of the molecule is CC.O=S(=O)(N1CCCCC1)C(F)(F)F. The second kappa shape index (κ2) is 5.69. The summed E-state index contributed by atoms with van der Waals surface area (Å²) < 4.78 is 58.1. The van der Waals surface area contributed by atoms with Crippen LogP contribution in [-0.4, -0.2) is 31.3 Å². The van der Waals surface area contributed by atoms with E-state index in [0.717, 1.165) is 6.42 Å². The minimum atomic E-state index is -5.15. The zero-order valence-corrected chi connectivity index (χ0v) is 9.66. The molecule has 1 heterocycles. The molecule has 3 nitrogen and oxygen atoms in total. The van der Waals surface area contributed by atoms with Crippen LogP contribution in [0.1, 0.15) is 33.1 Å². The number of hydrogen-bond acceptors (Lipinski definition) is 2. The van der Waals surface area contributed by atoms with Crippen molar-refractivity contribution in [1.82, 2.24) is 4.31 Å². The Morgan fingerprint density at radius 1 is 1.00 bits per heavy atom. The third-order valence-corrected chi connectivity index (χ3v) is 3.58. The van der Waals surface area contributed by atoms with Crippen molar-refractivity contribution in [3.8, 4) is 0 Å². The first kappa shape index (κ1) is 14.7. The Hall–Kier alpha value is -0.300. The fourth-order valence-electron chi connectivity index (χ4n) is 1.25. The van der Waals surface area contributed by atoms with E-state index >= 15 is 0 Å². The van der Waals surface area contributed by atoms with Gasteiger partial charge in [0.05, 0.1) is 0 Å². The van der Waals surface area contributed by atoms with Crippen LogP contribution in [0.4, 0.5) is 13.2 Å². The topological polar surface area (TPSA) is 37.4 Å². The highest BCUT2D eigenvalue weighted by Crippen LogP contribution is 2.28. The summed E-state index contributed by atoms with van der Waals surface area (Å²) in [7, 11) is -5.07. The smallest absolute Gasteiger partial charge is 0.203 e. The van der Waals surface area contributed by atoms with E-state index in [-0.39, 0.29) is 13.1 Å². The molecule has 0 atom stereocenters. The van der Waals surface area contributed by atoms with Gasteiger partial charge in [-0.2, -0.15) is 17.5 Å².